The summed E-state index contributed by atoms with van der Waals surface area (Å²) in [5, 5.41) is 5.21. The summed E-state index contributed by atoms with van der Waals surface area (Å²) < 4.78 is 5.15. The highest BCUT2D eigenvalue weighted by Crippen LogP contribution is 2.32. The quantitative estimate of drug-likeness (QED) is 0.650. The predicted octanol–water partition coefficient (Wildman–Crippen LogP) is 2.42. The summed E-state index contributed by atoms with van der Waals surface area (Å²) in [7, 11) is 1.62. The third-order valence-electron chi connectivity index (χ3n) is 5.88. The van der Waals surface area contributed by atoms with Gasteiger partial charge in [0.2, 0.25) is 17.7 Å². The number of rotatable bonds is 7. The Morgan fingerprint density at radius 2 is 1.94 bits per heavy atom. The van der Waals surface area contributed by atoms with Gasteiger partial charge < -0.3 is 15.0 Å². The topological polar surface area (TPSA) is 105 Å². The molecule has 8 nitrogen and oxygen atoms in total. The lowest BCUT2D eigenvalue weighted by Gasteiger charge is -2.29. The highest BCUT2D eigenvalue weighted by molar-refractivity contribution is 6.06. The Balaban J connectivity index is 1.37. The van der Waals surface area contributed by atoms with Gasteiger partial charge >= 0.3 is 0 Å². The van der Waals surface area contributed by atoms with Gasteiger partial charge in [-0.15, -0.1) is 0 Å². The normalized spacial score (nSPS) is 17.7. The van der Waals surface area contributed by atoms with Crippen molar-refractivity contribution >= 4 is 29.3 Å². The molecule has 0 aliphatic carbocycles. The van der Waals surface area contributed by atoms with Crippen molar-refractivity contribution in [2.45, 2.75) is 44.7 Å². The van der Waals surface area contributed by atoms with Gasteiger partial charge in [0.25, 0.3) is 5.91 Å². The molecule has 2 aromatic carbocycles. The van der Waals surface area contributed by atoms with Gasteiger partial charge in [-0.1, -0.05) is 18.2 Å². The second-order valence-corrected chi connectivity index (χ2v) is 7.98. The van der Waals surface area contributed by atoms with E-state index in [0.29, 0.717) is 36.1 Å². The number of piperidine rings is 1. The summed E-state index contributed by atoms with van der Waals surface area (Å²) in [6, 6.07) is 12.3. The van der Waals surface area contributed by atoms with Crippen LogP contribution in [-0.4, -0.2) is 41.7 Å². The fourth-order valence-corrected chi connectivity index (χ4v) is 4.16. The van der Waals surface area contributed by atoms with Gasteiger partial charge in [0.15, 0.2) is 0 Å². The Hall–Kier alpha value is -3.68. The molecule has 1 unspecified atom stereocenters. The number of hydrogen-bond donors (Lipinski definition) is 2. The van der Waals surface area contributed by atoms with E-state index in [1.165, 1.54) is 4.90 Å². The number of nitrogens with one attached hydrogen (secondary N) is 2. The fourth-order valence-electron chi connectivity index (χ4n) is 4.16. The number of benzene rings is 2. The zero-order valence-electron chi connectivity index (χ0n) is 17.8. The van der Waals surface area contributed by atoms with Gasteiger partial charge in [-0.3, -0.25) is 24.5 Å². The first-order valence-electron chi connectivity index (χ1n) is 10.7. The molecular weight excluding hydrogens is 410 g/mol. The van der Waals surface area contributed by atoms with Crippen LogP contribution < -0.4 is 15.4 Å². The lowest BCUT2D eigenvalue weighted by atomic mass is 10.0. The molecule has 0 bridgehead atoms. The zero-order valence-corrected chi connectivity index (χ0v) is 17.8. The number of fused-ring (bicyclic) bond motifs is 1. The molecule has 0 radical (unpaired) electrons. The maximum atomic E-state index is 12.9. The molecule has 2 aliphatic heterocycles. The zero-order chi connectivity index (χ0) is 22.7. The summed E-state index contributed by atoms with van der Waals surface area (Å²) in [5.41, 5.74) is 2.89. The number of amides is 4. The van der Waals surface area contributed by atoms with E-state index in [4.69, 9.17) is 4.74 Å². The van der Waals surface area contributed by atoms with Gasteiger partial charge in [0.05, 0.1) is 7.11 Å². The molecule has 8 heteroatoms. The highest BCUT2D eigenvalue weighted by Gasteiger charge is 2.39. The fraction of sp³-hybridized carbons (Fsp3) is 0.333. The van der Waals surface area contributed by atoms with Gasteiger partial charge in [-0.2, -0.15) is 0 Å². The first-order chi connectivity index (χ1) is 15.5. The molecule has 4 amide bonds. The third-order valence-corrected chi connectivity index (χ3v) is 5.88. The summed E-state index contributed by atoms with van der Waals surface area (Å²) in [5.74, 6) is -0.362. The Bertz CT molecular complexity index is 1060. The number of hydrogen-bond acceptors (Lipinski definition) is 5. The first kappa shape index (κ1) is 21.5. The molecule has 2 heterocycles. The third kappa shape index (κ3) is 4.49. The maximum absolute atomic E-state index is 12.9. The maximum Gasteiger partial charge on any atom is 0.255 e. The van der Waals surface area contributed by atoms with Crippen molar-refractivity contribution in [2.75, 3.05) is 12.4 Å². The highest BCUT2D eigenvalue weighted by atomic mass is 16.5. The molecular formula is C24H25N3O5. The van der Waals surface area contributed by atoms with E-state index in [1.54, 1.807) is 25.3 Å². The summed E-state index contributed by atoms with van der Waals surface area (Å²) in [4.78, 5) is 50.5. The Labute approximate surface area is 185 Å². The standard InChI is InChI=1S/C24H25N3O5/c1-32-16-10-8-15(9-11-16)4-2-7-21(28)25-19-6-3-5-17-18(19)14-27(24(17)31)20-12-13-22(29)26-23(20)30/h3,5-6,8-11,20H,2,4,7,12-14H2,1H3,(H,25,28)(H,26,29,30). The van der Waals surface area contributed by atoms with Gasteiger partial charge in [0.1, 0.15) is 11.8 Å². The van der Waals surface area contributed by atoms with E-state index < -0.39 is 11.9 Å². The van der Waals surface area contributed by atoms with Crippen molar-refractivity contribution in [1.29, 1.82) is 0 Å². The molecule has 32 heavy (non-hydrogen) atoms. The average Bonchev–Trinajstić information content (AvgIpc) is 3.12. The SMILES string of the molecule is COc1ccc(CCCC(=O)Nc2cccc3c2CN(C2CCC(=O)NC2=O)C3=O)cc1. The largest absolute Gasteiger partial charge is 0.497 e. The second-order valence-electron chi connectivity index (χ2n) is 7.98. The minimum atomic E-state index is -0.680. The molecule has 1 saturated heterocycles. The van der Waals surface area contributed by atoms with Gasteiger partial charge in [0, 0.05) is 36.2 Å². The molecule has 2 aromatic rings. The van der Waals surface area contributed by atoms with Gasteiger partial charge in [-0.25, -0.2) is 0 Å². The number of aryl methyl sites for hydroxylation is 1. The minimum Gasteiger partial charge on any atom is -0.497 e. The number of carbonyl (C=O) groups is 4. The van der Waals surface area contributed by atoms with Crippen molar-refractivity contribution in [3.05, 3.63) is 59.2 Å². The first-order valence-corrected chi connectivity index (χ1v) is 10.7. The van der Waals surface area contributed by atoms with E-state index in [2.05, 4.69) is 10.6 Å². The van der Waals surface area contributed by atoms with Crippen LogP contribution in [0.5, 0.6) is 5.75 Å². The Morgan fingerprint density at radius 1 is 1.16 bits per heavy atom. The average molecular weight is 435 g/mol. The van der Waals surface area contributed by atoms with E-state index in [9.17, 15) is 19.2 Å². The van der Waals surface area contributed by atoms with Crippen LogP contribution in [0.1, 0.15) is 47.2 Å². The summed E-state index contributed by atoms with van der Waals surface area (Å²) in [6.45, 7) is 0.225. The number of methoxy groups -OCH3 is 1. The molecule has 1 fully saturated rings. The second kappa shape index (κ2) is 9.21. The molecule has 4 rings (SSSR count). The van der Waals surface area contributed by atoms with E-state index in [1.807, 2.05) is 24.3 Å². The molecule has 2 N–H and O–H groups in total. The smallest absolute Gasteiger partial charge is 0.255 e. The Kier molecular flexibility index (Phi) is 6.20. The van der Waals surface area contributed by atoms with Crippen LogP contribution in [0.4, 0.5) is 5.69 Å². The molecule has 166 valence electrons. The van der Waals surface area contributed by atoms with Crippen LogP contribution in [0, 0.1) is 0 Å². The van der Waals surface area contributed by atoms with Crippen molar-refractivity contribution in [3.8, 4) is 5.75 Å². The van der Waals surface area contributed by atoms with E-state index in [0.717, 1.165) is 17.7 Å². The molecule has 0 aromatic heterocycles. The molecule has 1 atom stereocenters. The van der Waals surface area contributed by atoms with Crippen LogP contribution in [0.2, 0.25) is 0 Å². The van der Waals surface area contributed by atoms with Crippen molar-refractivity contribution in [2.24, 2.45) is 0 Å². The Morgan fingerprint density at radius 3 is 2.66 bits per heavy atom. The predicted molar refractivity (Wildman–Crippen MR) is 117 cm³/mol. The molecule has 0 saturated carbocycles. The van der Waals surface area contributed by atoms with Crippen molar-refractivity contribution in [3.63, 3.8) is 0 Å². The minimum absolute atomic E-state index is 0.126. The van der Waals surface area contributed by atoms with Crippen LogP contribution in [-0.2, 0) is 27.3 Å². The number of carbonyl (C=O) groups excluding carboxylic acids is 4. The molecule has 2 aliphatic rings. The van der Waals surface area contributed by atoms with Crippen LogP contribution in [0.3, 0.4) is 0 Å². The lowest BCUT2D eigenvalue weighted by molar-refractivity contribution is -0.137. The number of nitrogens with zero attached hydrogens (tertiary/aromatic N) is 1. The number of imide groups is 1. The number of ether oxygens (including phenoxy) is 1. The monoisotopic (exact) mass is 435 g/mol. The summed E-state index contributed by atoms with van der Waals surface area (Å²) >= 11 is 0. The van der Waals surface area contributed by atoms with Crippen molar-refractivity contribution < 1.29 is 23.9 Å². The van der Waals surface area contributed by atoms with E-state index >= 15 is 0 Å². The van der Waals surface area contributed by atoms with Crippen LogP contribution >= 0.6 is 0 Å². The van der Waals surface area contributed by atoms with Gasteiger partial charge in [-0.05, 0) is 49.1 Å². The van der Waals surface area contributed by atoms with Crippen molar-refractivity contribution in [1.82, 2.24) is 10.2 Å². The lowest BCUT2D eigenvalue weighted by Crippen LogP contribution is -2.52. The van der Waals surface area contributed by atoms with Crippen LogP contribution in [0.15, 0.2) is 42.5 Å². The van der Waals surface area contributed by atoms with E-state index in [-0.39, 0.29) is 30.7 Å². The number of anilines is 1. The van der Waals surface area contributed by atoms with Crippen LogP contribution in [0.25, 0.3) is 0 Å². The summed E-state index contributed by atoms with van der Waals surface area (Å²) in [6.07, 6.45) is 2.31. The molecule has 0 spiro atoms.